The highest BCUT2D eigenvalue weighted by molar-refractivity contribution is 7.92. The second kappa shape index (κ2) is 9.41. The lowest BCUT2D eigenvalue weighted by Gasteiger charge is -2.18. The fourth-order valence-corrected chi connectivity index (χ4v) is 5.16. The number of hydrogen-bond acceptors (Lipinski definition) is 6. The topological polar surface area (TPSA) is 104 Å². The maximum Gasteiger partial charge on any atom is 0.265 e. The van der Waals surface area contributed by atoms with E-state index < -0.39 is 21.9 Å². The number of nitrogens with one attached hydrogen (secondary N) is 1. The number of anilines is 1. The predicted octanol–water partition coefficient (Wildman–Crippen LogP) is 5.05. The Hall–Kier alpha value is -3.67. The maximum absolute atomic E-state index is 14.0. The molecule has 3 aromatic heterocycles. The number of para-hydroxylation sites is 1. The van der Waals surface area contributed by atoms with Crippen molar-refractivity contribution in [2.45, 2.75) is 17.9 Å². The van der Waals surface area contributed by atoms with E-state index in [1.165, 1.54) is 40.1 Å². The Morgan fingerprint density at radius 3 is 2.64 bits per heavy atom. The molecule has 0 radical (unpaired) electrons. The molecule has 184 valence electrons. The molecule has 13 heteroatoms. The highest BCUT2D eigenvalue weighted by Crippen LogP contribution is 2.33. The molecular weight excluding hydrogens is 530 g/mol. The van der Waals surface area contributed by atoms with Gasteiger partial charge in [0.1, 0.15) is 16.2 Å². The molecule has 9 nitrogen and oxygen atoms in total. The molecule has 2 aromatic carbocycles. The van der Waals surface area contributed by atoms with Crippen LogP contribution in [0.3, 0.4) is 0 Å². The zero-order valence-corrected chi connectivity index (χ0v) is 20.8. The van der Waals surface area contributed by atoms with Gasteiger partial charge < -0.3 is 4.84 Å². The first-order chi connectivity index (χ1) is 17.2. The van der Waals surface area contributed by atoms with Gasteiger partial charge in [0.05, 0.1) is 23.6 Å². The van der Waals surface area contributed by atoms with Crippen molar-refractivity contribution in [3.8, 4) is 5.82 Å². The Bertz CT molecular complexity index is 1670. The molecule has 1 atom stereocenters. The van der Waals surface area contributed by atoms with Gasteiger partial charge in [0.2, 0.25) is 0 Å². The highest BCUT2D eigenvalue weighted by atomic mass is 35.5. The third-order valence-electron chi connectivity index (χ3n) is 5.23. The van der Waals surface area contributed by atoms with Crippen LogP contribution in [0.1, 0.15) is 18.6 Å². The van der Waals surface area contributed by atoms with Crippen LogP contribution in [0.15, 0.2) is 78.2 Å². The summed E-state index contributed by atoms with van der Waals surface area (Å²) in [5, 5.41) is 4.25. The van der Waals surface area contributed by atoms with Crippen molar-refractivity contribution in [3.05, 3.63) is 94.7 Å². The largest absolute Gasteiger partial charge is 0.404 e. The molecule has 1 N–H and O–H groups in total. The van der Waals surface area contributed by atoms with E-state index in [4.69, 9.17) is 28.0 Å². The van der Waals surface area contributed by atoms with Gasteiger partial charge in [-0.1, -0.05) is 41.4 Å². The average Bonchev–Trinajstić information content (AvgIpc) is 3.50. The van der Waals surface area contributed by atoms with Crippen LogP contribution in [0.25, 0.3) is 17.0 Å². The highest BCUT2D eigenvalue weighted by Gasteiger charge is 2.21. The Morgan fingerprint density at radius 1 is 1.08 bits per heavy atom. The van der Waals surface area contributed by atoms with Gasteiger partial charge in [-0.05, 0) is 37.3 Å². The molecular formula is C23H17Cl2FN6O3S. The van der Waals surface area contributed by atoms with Gasteiger partial charge in [-0.3, -0.25) is 4.72 Å². The van der Waals surface area contributed by atoms with Crippen molar-refractivity contribution in [1.29, 1.82) is 0 Å². The number of rotatable bonds is 7. The quantitative estimate of drug-likeness (QED) is 0.286. The Labute approximate surface area is 215 Å². The van der Waals surface area contributed by atoms with Crippen molar-refractivity contribution in [1.82, 2.24) is 24.5 Å². The number of aromatic nitrogens is 5. The first-order valence-corrected chi connectivity index (χ1v) is 12.7. The number of nitrogens with zero attached hydrogens (tertiary/aromatic N) is 5. The minimum Gasteiger partial charge on any atom is -0.404 e. The van der Waals surface area contributed by atoms with Gasteiger partial charge >= 0.3 is 0 Å². The molecule has 3 heterocycles. The van der Waals surface area contributed by atoms with Crippen molar-refractivity contribution in [3.63, 3.8) is 0 Å². The van der Waals surface area contributed by atoms with E-state index in [0.29, 0.717) is 16.9 Å². The van der Waals surface area contributed by atoms with Gasteiger partial charge in [0, 0.05) is 22.5 Å². The zero-order valence-electron chi connectivity index (χ0n) is 18.5. The molecule has 0 fully saturated rings. The molecule has 5 rings (SSSR count). The van der Waals surface area contributed by atoms with Crippen LogP contribution in [-0.2, 0) is 10.0 Å². The van der Waals surface area contributed by atoms with Crippen LogP contribution in [0, 0.1) is 5.82 Å². The van der Waals surface area contributed by atoms with E-state index in [1.807, 2.05) is 0 Å². The maximum atomic E-state index is 14.0. The Kier molecular flexibility index (Phi) is 6.29. The van der Waals surface area contributed by atoms with E-state index in [1.54, 1.807) is 49.5 Å². The molecule has 0 bridgehead atoms. The van der Waals surface area contributed by atoms with Crippen molar-refractivity contribution >= 4 is 50.1 Å². The monoisotopic (exact) mass is 546 g/mol. The number of benzene rings is 2. The zero-order chi connectivity index (χ0) is 25.4. The lowest BCUT2D eigenvalue weighted by atomic mass is 10.1. The van der Waals surface area contributed by atoms with Crippen LogP contribution in [0.4, 0.5) is 10.1 Å². The smallest absolute Gasteiger partial charge is 0.265 e. The number of halogens is 3. The van der Waals surface area contributed by atoms with Crippen LogP contribution < -0.4 is 9.56 Å². The molecule has 36 heavy (non-hydrogen) atoms. The Balaban J connectivity index is 1.43. The molecule has 0 saturated carbocycles. The molecule has 1 unspecified atom stereocenters. The van der Waals surface area contributed by atoms with Crippen LogP contribution in [0.2, 0.25) is 10.0 Å². The molecule has 0 spiro atoms. The number of fused-ring (bicyclic) bond motifs is 1. The number of sulfonamides is 1. The average molecular weight is 547 g/mol. The first-order valence-electron chi connectivity index (χ1n) is 10.5. The summed E-state index contributed by atoms with van der Waals surface area (Å²) in [5.41, 5.74) is 1.55. The summed E-state index contributed by atoms with van der Waals surface area (Å²) < 4.78 is 44.6. The summed E-state index contributed by atoms with van der Waals surface area (Å²) in [4.78, 5) is 14.7. The minimum absolute atomic E-state index is 0.0520. The summed E-state index contributed by atoms with van der Waals surface area (Å²) in [6, 6.07) is 12.8. The van der Waals surface area contributed by atoms with Gasteiger partial charge in [0.25, 0.3) is 10.0 Å². The molecule has 0 amide bonds. The van der Waals surface area contributed by atoms with Gasteiger partial charge in [-0.15, -0.1) is 0 Å². The summed E-state index contributed by atoms with van der Waals surface area (Å²) >= 11 is 12.3. The van der Waals surface area contributed by atoms with Gasteiger partial charge in [-0.25, -0.2) is 27.5 Å². The summed E-state index contributed by atoms with van der Waals surface area (Å²) in [6.45, 7) is 1.67. The summed E-state index contributed by atoms with van der Waals surface area (Å²) in [6.07, 6.45) is 4.85. The van der Waals surface area contributed by atoms with Crippen LogP contribution in [-0.4, -0.2) is 32.9 Å². The Morgan fingerprint density at radius 2 is 1.86 bits per heavy atom. The second-order valence-electron chi connectivity index (χ2n) is 7.68. The molecule has 0 saturated heterocycles. The predicted molar refractivity (Wildman–Crippen MR) is 133 cm³/mol. The van der Waals surface area contributed by atoms with E-state index in [9.17, 15) is 12.8 Å². The van der Waals surface area contributed by atoms with Crippen LogP contribution in [0.5, 0.6) is 0 Å². The lowest BCUT2D eigenvalue weighted by molar-refractivity contribution is 0.0551. The van der Waals surface area contributed by atoms with E-state index >= 15 is 0 Å². The summed E-state index contributed by atoms with van der Waals surface area (Å²) in [5.74, 6) is -0.362. The fourth-order valence-electron chi connectivity index (χ4n) is 3.49. The molecule has 0 aliphatic rings. The third-order valence-corrected chi connectivity index (χ3v) is 7.28. The minimum atomic E-state index is -3.87. The molecule has 0 aliphatic heterocycles. The van der Waals surface area contributed by atoms with E-state index in [2.05, 4.69) is 19.8 Å². The van der Waals surface area contributed by atoms with E-state index in [0.717, 1.165) is 0 Å². The van der Waals surface area contributed by atoms with Crippen molar-refractivity contribution < 1.29 is 17.6 Å². The molecule has 5 aromatic rings. The first kappa shape index (κ1) is 24.0. The van der Waals surface area contributed by atoms with E-state index in [-0.39, 0.29) is 26.3 Å². The normalized spacial score (nSPS) is 12.6. The summed E-state index contributed by atoms with van der Waals surface area (Å²) in [7, 11) is -3.87. The third kappa shape index (κ3) is 4.60. The standard InChI is InChI=1S/C23H17Cl2FN6O3S/c1-14(21-17(24)7-8-18(26)22(21)25)35-32-10-9-19-23(32)29-20(12-27-19)31-13-16(11-28-31)36(33,34)30-15-5-3-2-4-6-15/h2-14,30H,1H3. The lowest BCUT2D eigenvalue weighted by Crippen LogP contribution is -2.17. The van der Waals surface area contributed by atoms with Crippen LogP contribution >= 0.6 is 23.2 Å². The van der Waals surface area contributed by atoms with Gasteiger partial charge in [0.15, 0.2) is 17.6 Å². The fraction of sp³-hybridized carbons (Fsp3) is 0.0870. The van der Waals surface area contributed by atoms with Crippen molar-refractivity contribution in [2.75, 3.05) is 4.72 Å². The SMILES string of the molecule is CC(On1ccc2ncc(-n3cc(S(=O)(=O)Nc4ccccc4)cn3)nc21)c1c(Cl)ccc(F)c1Cl. The number of hydrogen-bond donors (Lipinski definition) is 1. The van der Waals surface area contributed by atoms with Gasteiger partial charge in [-0.2, -0.15) is 9.83 Å². The van der Waals surface area contributed by atoms with Crippen molar-refractivity contribution in [2.24, 2.45) is 0 Å². The second-order valence-corrected chi connectivity index (χ2v) is 10.1. The molecule has 0 aliphatic carbocycles.